The molecule has 0 bridgehead atoms. The number of fused-ring (bicyclic) bond motifs is 1. The first-order valence-corrected chi connectivity index (χ1v) is 16.0. The number of likely N-dealkylation sites (N-methyl/N-ethyl adjacent to an activating group) is 1. The highest BCUT2D eigenvalue weighted by Crippen LogP contribution is 2.28. The second kappa shape index (κ2) is 15.8. The summed E-state index contributed by atoms with van der Waals surface area (Å²) in [6.45, 7) is 10.5. The molecule has 2 aliphatic rings. The lowest BCUT2D eigenvalue weighted by atomic mass is 10.0. The van der Waals surface area contributed by atoms with Crippen LogP contribution in [0.25, 0.3) is 0 Å². The molecule has 2 amide bonds. The quantitative estimate of drug-likeness (QED) is 0.406. The summed E-state index contributed by atoms with van der Waals surface area (Å²) in [5, 5.41) is 0. The Kier molecular flexibility index (Phi) is 11.4. The smallest absolute Gasteiger partial charge is 0.264 e. The van der Waals surface area contributed by atoms with E-state index in [2.05, 4.69) is 65.1 Å². The molecule has 0 N–H and O–H groups in total. The number of piperazine rings is 1. The van der Waals surface area contributed by atoms with E-state index in [-0.39, 0.29) is 18.4 Å². The molecule has 0 saturated carbocycles. The number of nitrogens with zero attached hydrogens (tertiary/aromatic N) is 5. The van der Waals surface area contributed by atoms with Crippen molar-refractivity contribution in [2.24, 2.45) is 0 Å². The molecule has 0 spiro atoms. The topological polar surface area (TPSA) is 59.6 Å². The summed E-state index contributed by atoms with van der Waals surface area (Å²) in [4.78, 5) is 38.7. The van der Waals surface area contributed by atoms with Crippen LogP contribution in [0.15, 0.2) is 78.9 Å². The van der Waals surface area contributed by atoms with Crippen molar-refractivity contribution in [2.75, 3.05) is 77.5 Å². The number of amides is 2. The SMILES string of the molecule is Cc1cccc2c1N(C(=O)COc1ccccc1)CCCN(Cc1ccccc1)CCCN(C(=O)CN1CCN(C)CC1)C2. The maximum absolute atomic E-state index is 13.9. The summed E-state index contributed by atoms with van der Waals surface area (Å²) in [6.07, 6.45) is 1.74. The predicted octanol–water partition coefficient (Wildman–Crippen LogP) is 4.28. The molecule has 1 fully saturated rings. The first-order chi connectivity index (χ1) is 21.5. The van der Waals surface area contributed by atoms with Crippen molar-refractivity contribution in [3.05, 3.63) is 95.6 Å². The highest BCUT2D eigenvalue weighted by atomic mass is 16.5. The standard InChI is InChI=1S/C36H47N5O3/c1-30-12-9-15-32-27-40(34(42)28-39-24-22-37(2)23-25-39)20-10-18-38(26-31-13-5-3-6-14-31)19-11-21-41(36(30)32)35(43)29-44-33-16-7-4-8-17-33/h3-9,12-17H,10-11,18-29H2,1-2H3. The Bertz CT molecular complexity index is 1340. The molecule has 2 heterocycles. The van der Waals surface area contributed by atoms with Crippen LogP contribution in [-0.4, -0.2) is 104 Å². The maximum Gasteiger partial charge on any atom is 0.264 e. The van der Waals surface area contributed by atoms with E-state index < -0.39 is 0 Å². The largest absolute Gasteiger partial charge is 0.484 e. The van der Waals surface area contributed by atoms with Gasteiger partial charge in [-0.2, -0.15) is 0 Å². The number of anilines is 1. The molecule has 44 heavy (non-hydrogen) atoms. The number of aryl methyl sites for hydroxylation is 1. The summed E-state index contributed by atoms with van der Waals surface area (Å²) in [5.74, 6) is 0.750. The Morgan fingerprint density at radius 1 is 0.705 bits per heavy atom. The molecule has 1 saturated heterocycles. The Balaban J connectivity index is 1.40. The van der Waals surface area contributed by atoms with Crippen LogP contribution in [0.1, 0.15) is 29.5 Å². The average molecular weight is 598 g/mol. The molecule has 8 nitrogen and oxygen atoms in total. The molecular formula is C36H47N5O3. The molecule has 0 aromatic heterocycles. The summed E-state index contributed by atoms with van der Waals surface area (Å²) < 4.78 is 5.93. The van der Waals surface area contributed by atoms with Gasteiger partial charge in [-0.3, -0.25) is 19.4 Å². The van der Waals surface area contributed by atoms with Crippen molar-refractivity contribution in [1.29, 1.82) is 0 Å². The molecular weight excluding hydrogens is 550 g/mol. The lowest BCUT2D eigenvalue weighted by molar-refractivity contribution is -0.133. The first-order valence-electron chi connectivity index (χ1n) is 16.0. The number of carbonyl (C=O) groups is 2. The van der Waals surface area contributed by atoms with E-state index >= 15 is 0 Å². The number of hydrogen-bond donors (Lipinski definition) is 0. The highest BCUT2D eigenvalue weighted by Gasteiger charge is 2.26. The lowest BCUT2D eigenvalue weighted by Crippen LogP contribution is -2.49. The molecule has 0 aliphatic carbocycles. The van der Waals surface area contributed by atoms with Crippen LogP contribution in [-0.2, 0) is 22.7 Å². The third-order valence-corrected chi connectivity index (χ3v) is 8.67. The lowest BCUT2D eigenvalue weighted by Gasteiger charge is -2.35. The number of para-hydroxylation sites is 2. The number of rotatable bonds is 7. The van der Waals surface area contributed by atoms with E-state index in [4.69, 9.17) is 4.74 Å². The van der Waals surface area contributed by atoms with Crippen LogP contribution in [0.4, 0.5) is 5.69 Å². The Morgan fingerprint density at radius 3 is 2.11 bits per heavy atom. The van der Waals surface area contributed by atoms with E-state index in [0.717, 1.165) is 75.5 Å². The van der Waals surface area contributed by atoms with Gasteiger partial charge in [0.2, 0.25) is 5.91 Å². The Morgan fingerprint density at radius 2 is 1.39 bits per heavy atom. The van der Waals surface area contributed by atoms with Gasteiger partial charge in [0.05, 0.1) is 12.2 Å². The number of carbonyl (C=O) groups excluding carboxylic acids is 2. The fourth-order valence-electron chi connectivity index (χ4n) is 6.18. The predicted molar refractivity (Wildman–Crippen MR) is 176 cm³/mol. The van der Waals surface area contributed by atoms with Crippen LogP contribution >= 0.6 is 0 Å². The van der Waals surface area contributed by atoms with Gasteiger partial charge in [-0.05, 0) is 55.6 Å². The normalized spacial score (nSPS) is 17.8. The summed E-state index contributed by atoms with van der Waals surface area (Å²) >= 11 is 0. The maximum atomic E-state index is 13.9. The molecule has 0 atom stereocenters. The van der Waals surface area contributed by atoms with Gasteiger partial charge in [-0.1, -0.05) is 66.7 Å². The zero-order valence-electron chi connectivity index (χ0n) is 26.4. The molecule has 3 aromatic carbocycles. The Labute approximate surface area is 262 Å². The van der Waals surface area contributed by atoms with Gasteiger partial charge >= 0.3 is 0 Å². The fourth-order valence-corrected chi connectivity index (χ4v) is 6.18. The molecule has 3 aromatic rings. The number of ether oxygens (including phenoxy) is 1. The van der Waals surface area contributed by atoms with Crippen molar-refractivity contribution in [1.82, 2.24) is 19.6 Å². The minimum Gasteiger partial charge on any atom is -0.484 e. The second-order valence-corrected chi connectivity index (χ2v) is 12.1. The van der Waals surface area contributed by atoms with Gasteiger partial charge < -0.3 is 19.4 Å². The van der Waals surface area contributed by atoms with E-state index in [9.17, 15) is 9.59 Å². The monoisotopic (exact) mass is 597 g/mol. The Hall–Kier alpha value is -3.72. The second-order valence-electron chi connectivity index (χ2n) is 12.1. The van der Waals surface area contributed by atoms with Gasteiger partial charge in [0.25, 0.3) is 5.91 Å². The van der Waals surface area contributed by atoms with Gasteiger partial charge in [0, 0.05) is 65.4 Å². The third kappa shape index (κ3) is 8.91. The van der Waals surface area contributed by atoms with Crippen LogP contribution in [0.2, 0.25) is 0 Å². The minimum absolute atomic E-state index is 0.0441. The van der Waals surface area contributed by atoms with Crippen molar-refractivity contribution in [3.8, 4) is 5.75 Å². The highest BCUT2D eigenvalue weighted by molar-refractivity contribution is 5.96. The minimum atomic E-state index is -0.0774. The number of benzene rings is 3. The zero-order valence-corrected chi connectivity index (χ0v) is 26.4. The molecule has 2 aliphatic heterocycles. The average Bonchev–Trinajstić information content (AvgIpc) is 3.03. The molecule has 8 heteroatoms. The fraction of sp³-hybridized carbons (Fsp3) is 0.444. The van der Waals surface area contributed by atoms with Gasteiger partial charge in [-0.25, -0.2) is 0 Å². The number of hydrogen-bond acceptors (Lipinski definition) is 6. The first kappa shape index (κ1) is 31.7. The van der Waals surface area contributed by atoms with E-state index in [0.29, 0.717) is 31.9 Å². The van der Waals surface area contributed by atoms with Gasteiger partial charge in [0.15, 0.2) is 6.61 Å². The van der Waals surface area contributed by atoms with E-state index in [1.807, 2.05) is 52.3 Å². The van der Waals surface area contributed by atoms with Gasteiger partial charge in [0.1, 0.15) is 5.75 Å². The van der Waals surface area contributed by atoms with Crippen LogP contribution in [0.5, 0.6) is 5.75 Å². The molecule has 5 rings (SSSR count). The van der Waals surface area contributed by atoms with Crippen LogP contribution in [0.3, 0.4) is 0 Å². The molecule has 0 radical (unpaired) electrons. The molecule has 0 unspecified atom stereocenters. The summed E-state index contributed by atoms with van der Waals surface area (Å²) in [5.41, 5.74) is 4.21. The third-order valence-electron chi connectivity index (χ3n) is 8.67. The van der Waals surface area contributed by atoms with E-state index in [1.165, 1.54) is 5.56 Å². The van der Waals surface area contributed by atoms with Crippen LogP contribution < -0.4 is 9.64 Å². The van der Waals surface area contributed by atoms with E-state index in [1.54, 1.807) is 0 Å². The molecule has 234 valence electrons. The summed E-state index contributed by atoms with van der Waals surface area (Å²) in [6, 6.07) is 26.2. The van der Waals surface area contributed by atoms with Gasteiger partial charge in [-0.15, -0.1) is 0 Å². The van der Waals surface area contributed by atoms with Crippen LogP contribution in [0, 0.1) is 6.92 Å². The zero-order chi connectivity index (χ0) is 30.7. The van der Waals surface area contributed by atoms with Crippen molar-refractivity contribution in [3.63, 3.8) is 0 Å². The van der Waals surface area contributed by atoms with Crippen molar-refractivity contribution >= 4 is 17.5 Å². The van der Waals surface area contributed by atoms with Crippen molar-refractivity contribution in [2.45, 2.75) is 32.9 Å². The van der Waals surface area contributed by atoms with Crippen molar-refractivity contribution < 1.29 is 14.3 Å². The summed E-state index contributed by atoms with van der Waals surface area (Å²) in [7, 11) is 2.13.